The first-order valence-corrected chi connectivity index (χ1v) is 16.0. The number of hydrogen-bond donors (Lipinski definition) is 3. The zero-order valence-corrected chi connectivity index (χ0v) is 25.4. The lowest BCUT2D eigenvalue weighted by molar-refractivity contribution is -0.129. The number of piperazine rings is 1. The number of hydrogen-bond acceptors (Lipinski definition) is 6. The fourth-order valence-electron chi connectivity index (χ4n) is 5.39. The highest BCUT2D eigenvalue weighted by Crippen LogP contribution is 2.32. The van der Waals surface area contributed by atoms with Gasteiger partial charge in [0.25, 0.3) is 0 Å². The number of carbonyl (C=O) groups excluding carboxylic acids is 2. The molecule has 14 heteroatoms. The topological polar surface area (TPSA) is 119 Å². The Morgan fingerprint density at radius 2 is 1.83 bits per heavy atom. The monoisotopic (exact) mass is 646 g/mol. The van der Waals surface area contributed by atoms with E-state index in [-0.39, 0.29) is 65.4 Å². The fourth-order valence-corrected chi connectivity index (χ4v) is 7.95. The Morgan fingerprint density at radius 1 is 1.17 bits per heavy atom. The summed E-state index contributed by atoms with van der Waals surface area (Å²) >= 11 is 12.3. The maximum Gasteiger partial charge on any atom is 0.246 e. The van der Waals surface area contributed by atoms with E-state index in [1.165, 1.54) is 18.2 Å². The summed E-state index contributed by atoms with van der Waals surface area (Å²) in [6.07, 6.45) is 0.178. The number of rotatable bonds is 11. The van der Waals surface area contributed by atoms with Gasteiger partial charge in [-0.05, 0) is 42.7 Å². The van der Waals surface area contributed by atoms with Crippen molar-refractivity contribution in [3.05, 3.63) is 63.6 Å². The van der Waals surface area contributed by atoms with Crippen LogP contribution in [0.15, 0.2) is 41.3 Å². The molecule has 0 aromatic heterocycles. The van der Waals surface area contributed by atoms with Crippen molar-refractivity contribution >= 4 is 45.0 Å². The molecule has 2 heterocycles. The van der Waals surface area contributed by atoms with Crippen LogP contribution in [-0.2, 0) is 26.0 Å². The molecule has 2 aromatic carbocycles. The van der Waals surface area contributed by atoms with Gasteiger partial charge in [-0.15, -0.1) is 0 Å². The van der Waals surface area contributed by atoms with Gasteiger partial charge in [0.15, 0.2) is 0 Å². The third-order valence-corrected chi connectivity index (χ3v) is 10.4. The average Bonchev–Trinajstić information content (AvgIpc) is 3.30. The summed E-state index contributed by atoms with van der Waals surface area (Å²) < 4.78 is 56.1. The summed E-state index contributed by atoms with van der Waals surface area (Å²) in [5, 5.41) is 17.3. The molecule has 2 aliphatic rings. The normalized spacial score (nSPS) is 21.4. The number of halogens is 4. The molecule has 42 heavy (non-hydrogen) atoms. The van der Waals surface area contributed by atoms with Crippen LogP contribution in [0, 0.1) is 17.6 Å². The largest absolute Gasteiger partial charge is 0.389 e. The lowest BCUT2D eigenvalue weighted by Crippen LogP contribution is -2.62. The molecule has 0 aliphatic carbocycles. The Balaban J connectivity index is 1.55. The van der Waals surface area contributed by atoms with Crippen LogP contribution in [0.1, 0.15) is 31.7 Å². The molecule has 2 unspecified atom stereocenters. The molecule has 2 fully saturated rings. The number of carbonyl (C=O) groups is 2. The molecule has 0 spiro atoms. The molecule has 2 aromatic rings. The molecule has 0 bridgehead atoms. The number of amides is 2. The number of sulfonamides is 1. The van der Waals surface area contributed by atoms with Gasteiger partial charge < -0.3 is 20.6 Å². The van der Waals surface area contributed by atoms with Crippen LogP contribution in [-0.4, -0.2) is 85.5 Å². The Labute approximate surface area is 254 Å². The van der Waals surface area contributed by atoms with Gasteiger partial charge in [-0.2, -0.15) is 4.31 Å². The van der Waals surface area contributed by atoms with E-state index in [2.05, 4.69) is 10.6 Å². The van der Waals surface area contributed by atoms with Gasteiger partial charge in [-0.25, -0.2) is 17.2 Å². The van der Waals surface area contributed by atoms with E-state index < -0.39 is 51.7 Å². The first-order chi connectivity index (χ1) is 19.9. The van der Waals surface area contributed by atoms with Crippen LogP contribution in [0.3, 0.4) is 0 Å². The molecule has 3 N–H and O–H groups in total. The van der Waals surface area contributed by atoms with Gasteiger partial charge in [0.2, 0.25) is 21.8 Å². The standard InChI is InChI=1S/C28H34Cl2F2N4O5S/c1-2-3-8-35-15-18(13-25(35)37)28(39)34-23(12-17-10-19(31)14-20(32)11-17)26(38)24-16-36(9-7-33-24)42(40,41)27-21(29)5-4-6-22(27)30/h4-6,10-11,14,18,23-24,26,33,38H,2-3,7-9,12-13,15-16H2,1H3,(H,34,39)/t18?,23?,24-,26+/m1/s1. The van der Waals surface area contributed by atoms with E-state index in [4.69, 9.17) is 23.2 Å². The second-order valence-electron chi connectivity index (χ2n) is 10.7. The van der Waals surface area contributed by atoms with Crippen molar-refractivity contribution in [3.63, 3.8) is 0 Å². The summed E-state index contributed by atoms with van der Waals surface area (Å²) in [6.45, 7) is 2.81. The van der Waals surface area contributed by atoms with Crippen LogP contribution in [0.2, 0.25) is 10.0 Å². The second-order valence-corrected chi connectivity index (χ2v) is 13.3. The number of nitrogens with zero attached hydrogens (tertiary/aromatic N) is 2. The minimum Gasteiger partial charge on any atom is -0.389 e. The smallest absolute Gasteiger partial charge is 0.246 e. The first kappa shape index (κ1) is 32.6. The number of aliphatic hydroxyl groups is 1. The molecular formula is C28H34Cl2F2N4O5S. The van der Waals surface area contributed by atoms with E-state index in [0.29, 0.717) is 12.6 Å². The Bertz CT molecular complexity index is 1380. The fraction of sp³-hybridized carbons (Fsp3) is 0.500. The predicted octanol–water partition coefficient (Wildman–Crippen LogP) is 2.97. The summed E-state index contributed by atoms with van der Waals surface area (Å²) in [5.74, 6) is -2.91. The van der Waals surface area contributed by atoms with Gasteiger partial charge in [0, 0.05) is 51.3 Å². The third kappa shape index (κ3) is 7.59. The van der Waals surface area contributed by atoms with E-state index in [9.17, 15) is 31.9 Å². The first-order valence-electron chi connectivity index (χ1n) is 13.8. The quantitative estimate of drug-likeness (QED) is 0.345. The van der Waals surface area contributed by atoms with E-state index in [0.717, 1.165) is 29.3 Å². The summed E-state index contributed by atoms with van der Waals surface area (Å²) in [6, 6.07) is 5.33. The van der Waals surface area contributed by atoms with Crippen molar-refractivity contribution in [2.45, 2.75) is 55.7 Å². The molecule has 4 atom stereocenters. The maximum absolute atomic E-state index is 14.0. The minimum absolute atomic E-state index is 0.0131. The SMILES string of the molecule is CCCCN1CC(C(=O)NC(Cc2cc(F)cc(F)c2)[C@H](O)[C@H]2CN(S(=O)(=O)c3c(Cl)cccc3Cl)CCN2)CC1=O. The highest BCUT2D eigenvalue weighted by molar-refractivity contribution is 7.89. The molecule has 9 nitrogen and oxygen atoms in total. The number of likely N-dealkylation sites (tertiary alicyclic amines) is 1. The van der Waals surface area contributed by atoms with Crippen molar-refractivity contribution < 1.29 is 31.9 Å². The van der Waals surface area contributed by atoms with Gasteiger partial charge >= 0.3 is 0 Å². The lowest BCUT2D eigenvalue weighted by atomic mass is 9.94. The Morgan fingerprint density at radius 3 is 2.48 bits per heavy atom. The molecule has 4 rings (SSSR count). The molecule has 2 amide bonds. The van der Waals surface area contributed by atoms with Crippen LogP contribution in [0.4, 0.5) is 8.78 Å². The second kappa shape index (κ2) is 14.0. The van der Waals surface area contributed by atoms with Gasteiger partial charge in [-0.3, -0.25) is 9.59 Å². The summed E-state index contributed by atoms with van der Waals surface area (Å²) in [7, 11) is -4.15. The van der Waals surface area contributed by atoms with E-state index >= 15 is 0 Å². The maximum atomic E-state index is 14.0. The van der Waals surface area contributed by atoms with Crippen molar-refractivity contribution in [1.29, 1.82) is 0 Å². The highest BCUT2D eigenvalue weighted by atomic mass is 35.5. The van der Waals surface area contributed by atoms with Crippen molar-refractivity contribution in [3.8, 4) is 0 Å². The van der Waals surface area contributed by atoms with Crippen molar-refractivity contribution in [2.24, 2.45) is 5.92 Å². The number of unbranched alkanes of at least 4 members (excludes halogenated alkanes) is 1. The molecular weight excluding hydrogens is 613 g/mol. The molecule has 2 aliphatic heterocycles. The number of benzene rings is 2. The summed E-state index contributed by atoms with van der Waals surface area (Å²) in [5.41, 5.74) is 0.187. The Kier molecular flexibility index (Phi) is 10.8. The zero-order chi connectivity index (χ0) is 30.6. The summed E-state index contributed by atoms with van der Waals surface area (Å²) in [4.78, 5) is 27.1. The minimum atomic E-state index is -4.15. The zero-order valence-electron chi connectivity index (χ0n) is 23.0. The predicted molar refractivity (Wildman–Crippen MR) is 155 cm³/mol. The molecule has 230 valence electrons. The Hall–Kier alpha value is -2.35. The van der Waals surface area contributed by atoms with Crippen LogP contribution < -0.4 is 10.6 Å². The molecule has 0 radical (unpaired) electrons. The van der Waals surface area contributed by atoms with Gasteiger partial charge in [-0.1, -0.05) is 42.6 Å². The third-order valence-electron chi connectivity index (χ3n) is 7.58. The van der Waals surface area contributed by atoms with Crippen molar-refractivity contribution in [2.75, 3.05) is 32.7 Å². The highest BCUT2D eigenvalue weighted by Gasteiger charge is 2.40. The van der Waals surface area contributed by atoms with E-state index in [1.807, 2.05) is 6.92 Å². The van der Waals surface area contributed by atoms with Crippen LogP contribution in [0.25, 0.3) is 0 Å². The molecule has 2 saturated heterocycles. The van der Waals surface area contributed by atoms with Crippen molar-refractivity contribution in [1.82, 2.24) is 19.8 Å². The van der Waals surface area contributed by atoms with Gasteiger partial charge in [0.1, 0.15) is 16.5 Å². The molecule has 0 saturated carbocycles. The van der Waals surface area contributed by atoms with E-state index in [1.54, 1.807) is 4.90 Å². The lowest BCUT2D eigenvalue weighted by Gasteiger charge is -2.38. The number of nitrogens with one attached hydrogen (secondary N) is 2. The average molecular weight is 648 g/mol. The van der Waals surface area contributed by atoms with Gasteiger partial charge in [0.05, 0.1) is 28.1 Å². The number of aliphatic hydroxyl groups excluding tert-OH is 1. The van der Waals surface area contributed by atoms with Crippen LogP contribution >= 0.6 is 23.2 Å². The van der Waals surface area contributed by atoms with Crippen LogP contribution in [0.5, 0.6) is 0 Å².